The molecule has 1 aromatic carbocycles. The standard InChI is InChI=1S/C21H34N2O3/c24-19-8-12-23(13-9-19)15-18-6-5-7-21(14-18)26-17-20(25)16-22-10-3-1-2-4-11-22/h5-7,14,19-20,24-25H,1-4,8-13,15-17H2. The van der Waals surface area contributed by atoms with Gasteiger partial charge in [-0.2, -0.15) is 0 Å². The first-order chi connectivity index (χ1) is 12.7. The highest BCUT2D eigenvalue weighted by Crippen LogP contribution is 2.18. The van der Waals surface area contributed by atoms with Gasteiger partial charge in [0.05, 0.1) is 6.10 Å². The van der Waals surface area contributed by atoms with Gasteiger partial charge in [-0.15, -0.1) is 0 Å². The highest BCUT2D eigenvalue weighted by Gasteiger charge is 2.17. The monoisotopic (exact) mass is 362 g/mol. The second kappa shape index (κ2) is 10.3. The maximum Gasteiger partial charge on any atom is 0.119 e. The summed E-state index contributed by atoms with van der Waals surface area (Å²) < 4.78 is 5.85. The Bertz CT molecular complexity index is 524. The molecule has 5 heteroatoms. The molecule has 2 heterocycles. The number of nitrogens with zero attached hydrogens (tertiary/aromatic N) is 2. The minimum Gasteiger partial charge on any atom is -0.491 e. The number of β-amino-alcohol motifs (C(OH)–C–C–N with tert-alkyl or cyclic N) is 1. The first kappa shape index (κ1) is 19.6. The molecule has 0 spiro atoms. The summed E-state index contributed by atoms with van der Waals surface area (Å²) in [4.78, 5) is 4.74. The number of benzene rings is 1. The van der Waals surface area contributed by atoms with Crippen LogP contribution in [-0.4, -0.2) is 71.6 Å². The van der Waals surface area contributed by atoms with Gasteiger partial charge >= 0.3 is 0 Å². The fourth-order valence-corrected chi connectivity index (χ4v) is 3.93. The van der Waals surface area contributed by atoms with E-state index >= 15 is 0 Å². The third-order valence-electron chi connectivity index (χ3n) is 5.47. The summed E-state index contributed by atoms with van der Waals surface area (Å²) in [5, 5.41) is 19.9. The van der Waals surface area contributed by atoms with E-state index in [0.29, 0.717) is 13.2 Å². The lowest BCUT2D eigenvalue weighted by Gasteiger charge is -2.29. The summed E-state index contributed by atoms with van der Waals surface area (Å²) >= 11 is 0. The van der Waals surface area contributed by atoms with Crippen LogP contribution in [0.3, 0.4) is 0 Å². The molecule has 0 saturated carbocycles. The van der Waals surface area contributed by atoms with Crippen LogP contribution in [0.5, 0.6) is 5.75 Å². The van der Waals surface area contributed by atoms with E-state index in [1.165, 1.54) is 31.2 Å². The normalized spacial score (nSPS) is 22.1. The molecule has 1 unspecified atom stereocenters. The predicted octanol–water partition coefficient (Wildman–Crippen LogP) is 2.26. The molecule has 2 aliphatic rings. The second-order valence-corrected chi connectivity index (χ2v) is 7.83. The lowest BCUT2D eigenvalue weighted by Crippen LogP contribution is -2.36. The molecule has 26 heavy (non-hydrogen) atoms. The van der Waals surface area contributed by atoms with Crippen molar-refractivity contribution in [1.82, 2.24) is 9.80 Å². The van der Waals surface area contributed by atoms with E-state index < -0.39 is 6.10 Å². The number of rotatable bonds is 7. The summed E-state index contributed by atoms with van der Waals surface area (Å²) in [5.74, 6) is 0.828. The minimum atomic E-state index is -0.444. The van der Waals surface area contributed by atoms with Crippen LogP contribution in [0, 0.1) is 0 Å². The van der Waals surface area contributed by atoms with Gasteiger partial charge in [0.25, 0.3) is 0 Å². The van der Waals surface area contributed by atoms with Gasteiger partial charge in [0.15, 0.2) is 0 Å². The number of likely N-dealkylation sites (tertiary alicyclic amines) is 2. The third-order valence-corrected chi connectivity index (χ3v) is 5.47. The second-order valence-electron chi connectivity index (χ2n) is 7.83. The van der Waals surface area contributed by atoms with Crippen LogP contribution in [0.4, 0.5) is 0 Å². The van der Waals surface area contributed by atoms with E-state index in [1.807, 2.05) is 12.1 Å². The van der Waals surface area contributed by atoms with Crippen LogP contribution in [0.15, 0.2) is 24.3 Å². The van der Waals surface area contributed by atoms with Gasteiger partial charge in [-0.3, -0.25) is 4.90 Å². The zero-order valence-corrected chi connectivity index (χ0v) is 15.9. The van der Waals surface area contributed by atoms with E-state index in [1.54, 1.807) is 0 Å². The summed E-state index contributed by atoms with van der Waals surface area (Å²) in [5.41, 5.74) is 1.22. The number of hydrogen-bond donors (Lipinski definition) is 2. The van der Waals surface area contributed by atoms with Crippen LogP contribution in [0.1, 0.15) is 44.1 Å². The quantitative estimate of drug-likeness (QED) is 0.779. The summed E-state index contributed by atoms with van der Waals surface area (Å²) in [6.45, 7) is 6.02. The average Bonchev–Trinajstić information content (AvgIpc) is 2.91. The van der Waals surface area contributed by atoms with Crippen molar-refractivity contribution in [3.05, 3.63) is 29.8 Å². The molecule has 0 aromatic heterocycles. The van der Waals surface area contributed by atoms with Crippen LogP contribution in [-0.2, 0) is 6.54 Å². The van der Waals surface area contributed by atoms with E-state index in [9.17, 15) is 10.2 Å². The summed E-state index contributed by atoms with van der Waals surface area (Å²) in [7, 11) is 0. The molecule has 2 saturated heterocycles. The predicted molar refractivity (Wildman–Crippen MR) is 103 cm³/mol. The maximum atomic E-state index is 10.3. The van der Waals surface area contributed by atoms with Crippen molar-refractivity contribution >= 4 is 0 Å². The Labute approximate surface area is 157 Å². The molecular formula is C21H34N2O3. The number of hydrogen-bond acceptors (Lipinski definition) is 5. The van der Waals surface area contributed by atoms with Crippen molar-refractivity contribution in [2.24, 2.45) is 0 Å². The SMILES string of the molecule is OC1CCN(Cc2cccc(OCC(O)CN3CCCCCC3)c2)CC1. The van der Waals surface area contributed by atoms with Gasteiger partial charge in [0, 0.05) is 26.2 Å². The largest absolute Gasteiger partial charge is 0.491 e. The average molecular weight is 363 g/mol. The molecular weight excluding hydrogens is 328 g/mol. The number of piperidine rings is 1. The first-order valence-corrected chi connectivity index (χ1v) is 10.2. The molecule has 1 atom stereocenters. The smallest absolute Gasteiger partial charge is 0.119 e. The summed E-state index contributed by atoms with van der Waals surface area (Å²) in [6, 6.07) is 8.17. The minimum absolute atomic E-state index is 0.133. The first-order valence-electron chi connectivity index (χ1n) is 10.2. The molecule has 2 N–H and O–H groups in total. The Kier molecular flexibility index (Phi) is 7.74. The van der Waals surface area contributed by atoms with Crippen molar-refractivity contribution in [2.75, 3.05) is 39.3 Å². The van der Waals surface area contributed by atoms with E-state index in [2.05, 4.69) is 21.9 Å². The molecule has 2 fully saturated rings. The van der Waals surface area contributed by atoms with Gasteiger partial charge in [-0.05, 0) is 56.5 Å². The van der Waals surface area contributed by atoms with E-state index in [0.717, 1.165) is 51.3 Å². The molecule has 0 amide bonds. The van der Waals surface area contributed by atoms with Crippen molar-refractivity contribution in [2.45, 2.75) is 57.3 Å². The number of aliphatic hydroxyl groups excluding tert-OH is 2. The van der Waals surface area contributed by atoms with Gasteiger partial charge in [0.2, 0.25) is 0 Å². The fourth-order valence-electron chi connectivity index (χ4n) is 3.93. The van der Waals surface area contributed by atoms with Gasteiger partial charge in [0.1, 0.15) is 18.5 Å². The van der Waals surface area contributed by atoms with Crippen LogP contribution >= 0.6 is 0 Å². The number of ether oxygens (including phenoxy) is 1. The fraction of sp³-hybridized carbons (Fsp3) is 0.714. The Morgan fingerprint density at radius 1 is 1.00 bits per heavy atom. The zero-order valence-electron chi connectivity index (χ0n) is 15.9. The lowest BCUT2D eigenvalue weighted by molar-refractivity contribution is 0.0691. The zero-order chi connectivity index (χ0) is 18.2. The maximum absolute atomic E-state index is 10.3. The molecule has 146 valence electrons. The third kappa shape index (κ3) is 6.54. The van der Waals surface area contributed by atoms with Crippen molar-refractivity contribution in [3.8, 4) is 5.75 Å². The van der Waals surface area contributed by atoms with E-state index in [4.69, 9.17) is 4.74 Å². The van der Waals surface area contributed by atoms with Crippen LogP contribution < -0.4 is 4.74 Å². The Balaban J connectivity index is 1.42. The molecule has 3 rings (SSSR count). The Morgan fingerprint density at radius 3 is 2.46 bits per heavy atom. The van der Waals surface area contributed by atoms with Crippen molar-refractivity contribution in [3.63, 3.8) is 0 Å². The van der Waals surface area contributed by atoms with Crippen molar-refractivity contribution < 1.29 is 14.9 Å². The Hall–Kier alpha value is -1.14. The highest BCUT2D eigenvalue weighted by atomic mass is 16.5. The highest BCUT2D eigenvalue weighted by molar-refractivity contribution is 5.28. The number of aliphatic hydroxyl groups is 2. The topological polar surface area (TPSA) is 56.2 Å². The van der Waals surface area contributed by atoms with Gasteiger partial charge in [-0.1, -0.05) is 25.0 Å². The molecule has 0 aliphatic carbocycles. The van der Waals surface area contributed by atoms with E-state index in [-0.39, 0.29) is 6.10 Å². The molecule has 5 nitrogen and oxygen atoms in total. The van der Waals surface area contributed by atoms with Gasteiger partial charge in [-0.25, -0.2) is 0 Å². The molecule has 1 aromatic rings. The lowest BCUT2D eigenvalue weighted by atomic mass is 10.1. The molecule has 0 bridgehead atoms. The van der Waals surface area contributed by atoms with Crippen LogP contribution in [0.2, 0.25) is 0 Å². The Morgan fingerprint density at radius 2 is 1.73 bits per heavy atom. The van der Waals surface area contributed by atoms with Crippen molar-refractivity contribution in [1.29, 1.82) is 0 Å². The molecule has 0 radical (unpaired) electrons. The molecule has 2 aliphatic heterocycles. The van der Waals surface area contributed by atoms with Gasteiger partial charge < -0.3 is 19.8 Å². The van der Waals surface area contributed by atoms with Crippen LogP contribution in [0.25, 0.3) is 0 Å². The summed E-state index contributed by atoms with van der Waals surface area (Å²) in [6.07, 6.45) is 6.24.